The van der Waals surface area contributed by atoms with Crippen LogP contribution in [0.3, 0.4) is 0 Å². The summed E-state index contributed by atoms with van der Waals surface area (Å²) in [7, 11) is 1.75. The Balaban J connectivity index is 1.76. The number of nitrogens with zero attached hydrogens (tertiary/aromatic N) is 1. The second kappa shape index (κ2) is 6.89. The number of hydrogen-bond acceptors (Lipinski definition) is 1. The largest absolute Gasteiger partial charge is 0.356 e. The fourth-order valence-corrected chi connectivity index (χ4v) is 2.24. The van der Waals surface area contributed by atoms with Gasteiger partial charge in [0.05, 0.1) is 0 Å². The average Bonchev–Trinajstić information content (AvgIpc) is 3.21. The molecule has 0 amide bonds. The van der Waals surface area contributed by atoms with Gasteiger partial charge in [-0.3, -0.25) is 4.99 Å². The van der Waals surface area contributed by atoms with Gasteiger partial charge in [0.2, 0.25) is 0 Å². The Kier molecular flexibility index (Phi) is 5.19. The minimum absolute atomic E-state index is 0.161. The highest BCUT2D eigenvalue weighted by atomic mass is 79.9. The van der Waals surface area contributed by atoms with Gasteiger partial charge >= 0.3 is 0 Å². The van der Waals surface area contributed by atoms with Gasteiger partial charge in [-0.25, -0.2) is 4.39 Å². The van der Waals surface area contributed by atoms with E-state index in [0.717, 1.165) is 22.9 Å². The van der Waals surface area contributed by atoms with Crippen LogP contribution in [-0.4, -0.2) is 26.1 Å². The zero-order chi connectivity index (χ0) is 13.7. The van der Waals surface area contributed by atoms with E-state index in [2.05, 4.69) is 31.6 Å². The molecule has 0 spiro atoms. The lowest BCUT2D eigenvalue weighted by Gasteiger charge is -2.11. The van der Waals surface area contributed by atoms with E-state index in [4.69, 9.17) is 0 Å². The SMILES string of the molecule is CN=C(NCCc1cc(Br)ccc1F)NCC1CC1. The molecular weight excluding hydrogens is 309 g/mol. The van der Waals surface area contributed by atoms with E-state index in [1.165, 1.54) is 18.9 Å². The number of benzene rings is 1. The zero-order valence-corrected chi connectivity index (χ0v) is 12.6. The lowest BCUT2D eigenvalue weighted by Crippen LogP contribution is -2.39. The quantitative estimate of drug-likeness (QED) is 0.644. The standard InChI is InChI=1S/C14H19BrFN3/c1-17-14(19-9-10-2-3-10)18-7-6-11-8-12(15)4-5-13(11)16/h4-5,8,10H,2-3,6-7,9H2,1H3,(H2,17,18,19). The first-order valence-electron chi connectivity index (χ1n) is 6.57. The van der Waals surface area contributed by atoms with Crippen molar-refractivity contribution in [2.45, 2.75) is 19.3 Å². The van der Waals surface area contributed by atoms with Crippen LogP contribution in [0.25, 0.3) is 0 Å². The van der Waals surface area contributed by atoms with Gasteiger partial charge in [0, 0.05) is 24.6 Å². The minimum Gasteiger partial charge on any atom is -0.356 e. The number of hydrogen-bond donors (Lipinski definition) is 2. The topological polar surface area (TPSA) is 36.4 Å². The third kappa shape index (κ3) is 4.82. The molecule has 2 rings (SSSR count). The molecule has 0 unspecified atom stereocenters. The van der Waals surface area contributed by atoms with Crippen molar-refractivity contribution in [2.24, 2.45) is 10.9 Å². The van der Waals surface area contributed by atoms with Crippen molar-refractivity contribution in [3.8, 4) is 0 Å². The third-order valence-electron chi connectivity index (χ3n) is 3.17. The van der Waals surface area contributed by atoms with Crippen LogP contribution >= 0.6 is 15.9 Å². The molecule has 104 valence electrons. The first kappa shape index (κ1) is 14.3. The maximum absolute atomic E-state index is 13.5. The van der Waals surface area contributed by atoms with Crippen molar-refractivity contribution in [3.63, 3.8) is 0 Å². The second-order valence-corrected chi connectivity index (χ2v) is 5.72. The molecule has 0 aromatic heterocycles. The molecule has 0 heterocycles. The van der Waals surface area contributed by atoms with Crippen molar-refractivity contribution in [2.75, 3.05) is 20.1 Å². The number of aliphatic imine (C=N–C) groups is 1. The van der Waals surface area contributed by atoms with Crippen molar-refractivity contribution in [1.82, 2.24) is 10.6 Å². The predicted octanol–water partition coefficient (Wildman–Crippen LogP) is 2.71. The maximum Gasteiger partial charge on any atom is 0.190 e. The number of rotatable bonds is 5. The van der Waals surface area contributed by atoms with Gasteiger partial charge in [0.25, 0.3) is 0 Å². The van der Waals surface area contributed by atoms with Crippen LogP contribution in [-0.2, 0) is 6.42 Å². The first-order chi connectivity index (χ1) is 9.19. The lowest BCUT2D eigenvalue weighted by atomic mass is 10.1. The molecule has 0 aliphatic heterocycles. The Bertz CT molecular complexity index is 458. The molecule has 0 atom stereocenters. The van der Waals surface area contributed by atoms with E-state index in [1.807, 2.05) is 6.07 Å². The van der Waals surface area contributed by atoms with Crippen molar-refractivity contribution in [3.05, 3.63) is 34.1 Å². The van der Waals surface area contributed by atoms with Crippen molar-refractivity contribution >= 4 is 21.9 Å². The summed E-state index contributed by atoms with van der Waals surface area (Å²) >= 11 is 3.36. The number of guanidine groups is 1. The highest BCUT2D eigenvalue weighted by Gasteiger charge is 2.20. The summed E-state index contributed by atoms with van der Waals surface area (Å²) in [5.41, 5.74) is 0.708. The summed E-state index contributed by atoms with van der Waals surface area (Å²) < 4.78 is 14.4. The van der Waals surface area contributed by atoms with Gasteiger partial charge in [-0.1, -0.05) is 15.9 Å². The van der Waals surface area contributed by atoms with E-state index in [0.29, 0.717) is 18.5 Å². The second-order valence-electron chi connectivity index (χ2n) is 4.81. The van der Waals surface area contributed by atoms with Gasteiger partial charge in [-0.2, -0.15) is 0 Å². The molecular formula is C14H19BrFN3. The van der Waals surface area contributed by atoms with Gasteiger partial charge in [0.1, 0.15) is 5.82 Å². The molecule has 1 aromatic rings. The molecule has 1 aliphatic rings. The summed E-state index contributed by atoms with van der Waals surface area (Å²) in [6.07, 6.45) is 3.26. The van der Waals surface area contributed by atoms with E-state index >= 15 is 0 Å². The van der Waals surface area contributed by atoms with E-state index < -0.39 is 0 Å². The van der Waals surface area contributed by atoms with Crippen LogP contribution in [0.1, 0.15) is 18.4 Å². The monoisotopic (exact) mass is 327 g/mol. The fourth-order valence-electron chi connectivity index (χ4n) is 1.83. The van der Waals surface area contributed by atoms with E-state index in [-0.39, 0.29) is 5.82 Å². The molecule has 0 bridgehead atoms. The average molecular weight is 328 g/mol. The number of halogens is 2. The molecule has 2 N–H and O–H groups in total. The van der Waals surface area contributed by atoms with Crippen molar-refractivity contribution < 1.29 is 4.39 Å². The molecule has 1 saturated carbocycles. The van der Waals surface area contributed by atoms with Gasteiger partial charge < -0.3 is 10.6 Å². The Morgan fingerprint density at radius 3 is 2.89 bits per heavy atom. The summed E-state index contributed by atoms with van der Waals surface area (Å²) in [5, 5.41) is 6.48. The summed E-state index contributed by atoms with van der Waals surface area (Å²) in [5.74, 6) is 1.44. The first-order valence-corrected chi connectivity index (χ1v) is 7.37. The predicted molar refractivity (Wildman–Crippen MR) is 79.9 cm³/mol. The van der Waals surface area contributed by atoms with Gasteiger partial charge in [-0.15, -0.1) is 0 Å². The molecule has 3 nitrogen and oxygen atoms in total. The van der Waals surface area contributed by atoms with Crippen LogP contribution in [0.5, 0.6) is 0 Å². The smallest absolute Gasteiger partial charge is 0.190 e. The van der Waals surface area contributed by atoms with Crippen LogP contribution in [0.2, 0.25) is 0 Å². The molecule has 0 radical (unpaired) electrons. The minimum atomic E-state index is -0.161. The maximum atomic E-state index is 13.5. The Morgan fingerprint density at radius 2 is 2.21 bits per heavy atom. The highest BCUT2D eigenvalue weighted by Crippen LogP contribution is 2.27. The molecule has 19 heavy (non-hydrogen) atoms. The van der Waals surface area contributed by atoms with Crippen LogP contribution in [0, 0.1) is 11.7 Å². The van der Waals surface area contributed by atoms with E-state index in [9.17, 15) is 4.39 Å². The van der Waals surface area contributed by atoms with Gasteiger partial charge in [-0.05, 0) is 48.9 Å². The molecule has 0 saturated heterocycles. The fraction of sp³-hybridized carbons (Fsp3) is 0.500. The Hall–Kier alpha value is -1.10. The summed E-state index contributed by atoms with van der Waals surface area (Å²) in [6, 6.07) is 5.01. The molecule has 1 aliphatic carbocycles. The highest BCUT2D eigenvalue weighted by molar-refractivity contribution is 9.10. The van der Waals surface area contributed by atoms with Crippen LogP contribution in [0.4, 0.5) is 4.39 Å². The van der Waals surface area contributed by atoms with Gasteiger partial charge in [0.15, 0.2) is 5.96 Å². The van der Waals surface area contributed by atoms with Crippen LogP contribution in [0.15, 0.2) is 27.7 Å². The Morgan fingerprint density at radius 1 is 1.42 bits per heavy atom. The number of nitrogens with one attached hydrogen (secondary N) is 2. The Labute approximate surface area is 121 Å². The normalized spacial score (nSPS) is 15.4. The van der Waals surface area contributed by atoms with E-state index in [1.54, 1.807) is 13.1 Å². The molecule has 1 aromatic carbocycles. The third-order valence-corrected chi connectivity index (χ3v) is 3.67. The van der Waals surface area contributed by atoms with Crippen molar-refractivity contribution in [1.29, 1.82) is 0 Å². The summed E-state index contributed by atoms with van der Waals surface area (Å²) in [6.45, 7) is 1.64. The molecule has 1 fully saturated rings. The lowest BCUT2D eigenvalue weighted by molar-refractivity contribution is 0.606. The summed E-state index contributed by atoms with van der Waals surface area (Å²) in [4.78, 5) is 4.15. The molecule has 5 heteroatoms. The van der Waals surface area contributed by atoms with Crippen LogP contribution < -0.4 is 10.6 Å². The zero-order valence-electron chi connectivity index (χ0n) is 11.0.